The van der Waals surface area contributed by atoms with Crippen molar-refractivity contribution in [2.75, 3.05) is 13.1 Å². The Morgan fingerprint density at radius 3 is 2.92 bits per heavy atom. The summed E-state index contributed by atoms with van der Waals surface area (Å²) in [5.41, 5.74) is 1.46. The number of carbonyl (C=O) groups excluding carboxylic acids is 1. The highest BCUT2D eigenvalue weighted by molar-refractivity contribution is 7.13. The maximum Gasteiger partial charge on any atom is 0.276 e. The van der Waals surface area contributed by atoms with Crippen molar-refractivity contribution in [1.29, 1.82) is 0 Å². The molecule has 0 bridgehead atoms. The van der Waals surface area contributed by atoms with Gasteiger partial charge in [0.1, 0.15) is 10.6 Å². The van der Waals surface area contributed by atoms with Gasteiger partial charge in [-0.1, -0.05) is 11.2 Å². The van der Waals surface area contributed by atoms with Gasteiger partial charge in [0.05, 0.1) is 10.7 Å². The second kappa shape index (κ2) is 6.95. The zero-order chi connectivity index (χ0) is 18.1. The molecule has 0 spiro atoms. The molecule has 0 radical (unpaired) electrons. The van der Waals surface area contributed by atoms with Gasteiger partial charge in [-0.15, -0.1) is 11.3 Å². The standard InChI is InChI=1S/C18H19N5O2S/c1-11-15(26-12(2)20-11)18(24)23-9-5-6-13(10-23)16-21-17(25-22-16)14-7-3-4-8-19-14/h3-4,7-8,13H,5-6,9-10H2,1-2H3. The van der Waals surface area contributed by atoms with Crippen LogP contribution >= 0.6 is 11.3 Å². The molecular weight excluding hydrogens is 350 g/mol. The van der Waals surface area contributed by atoms with E-state index in [4.69, 9.17) is 4.52 Å². The molecule has 3 aromatic rings. The predicted molar refractivity (Wildman–Crippen MR) is 97.0 cm³/mol. The van der Waals surface area contributed by atoms with Crippen molar-refractivity contribution in [3.05, 3.63) is 45.8 Å². The maximum absolute atomic E-state index is 12.9. The van der Waals surface area contributed by atoms with Gasteiger partial charge in [0.25, 0.3) is 11.8 Å². The van der Waals surface area contributed by atoms with Crippen LogP contribution in [0.2, 0.25) is 0 Å². The van der Waals surface area contributed by atoms with Crippen LogP contribution in [0.15, 0.2) is 28.9 Å². The largest absolute Gasteiger partial charge is 0.337 e. The van der Waals surface area contributed by atoms with E-state index in [1.54, 1.807) is 6.20 Å². The van der Waals surface area contributed by atoms with Gasteiger partial charge in [-0.3, -0.25) is 9.78 Å². The Labute approximate surface area is 155 Å². The third-order valence-electron chi connectivity index (χ3n) is 4.50. The second-order valence-electron chi connectivity index (χ2n) is 6.41. The van der Waals surface area contributed by atoms with Crippen molar-refractivity contribution in [3.63, 3.8) is 0 Å². The summed E-state index contributed by atoms with van der Waals surface area (Å²) in [6, 6.07) is 5.56. The van der Waals surface area contributed by atoms with E-state index in [-0.39, 0.29) is 11.8 Å². The van der Waals surface area contributed by atoms with Gasteiger partial charge in [0.2, 0.25) is 0 Å². The summed E-state index contributed by atoms with van der Waals surface area (Å²) in [6.07, 6.45) is 3.55. The summed E-state index contributed by atoms with van der Waals surface area (Å²) in [5, 5.41) is 5.05. The molecule has 1 aliphatic rings. The van der Waals surface area contributed by atoms with E-state index in [9.17, 15) is 4.79 Å². The number of thiazole rings is 1. The average molecular weight is 369 g/mol. The zero-order valence-electron chi connectivity index (χ0n) is 14.7. The van der Waals surface area contributed by atoms with Gasteiger partial charge in [-0.05, 0) is 38.8 Å². The number of hydrogen-bond acceptors (Lipinski definition) is 7. The summed E-state index contributed by atoms with van der Waals surface area (Å²) >= 11 is 1.45. The first kappa shape index (κ1) is 16.8. The zero-order valence-corrected chi connectivity index (χ0v) is 15.5. The van der Waals surface area contributed by atoms with E-state index in [0.29, 0.717) is 24.0 Å². The van der Waals surface area contributed by atoms with Gasteiger partial charge in [-0.25, -0.2) is 4.98 Å². The van der Waals surface area contributed by atoms with Crippen LogP contribution in [0.3, 0.4) is 0 Å². The summed E-state index contributed by atoms with van der Waals surface area (Å²) in [5.74, 6) is 1.17. The van der Waals surface area contributed by atoms with E-state index in [1.165, 1.54) is 11.3 Å². The Morgan fingerprint density at radius 2 is 2.19 bits per heavy atom. The fraction of sp³-hybridized carbons (Fsp3) is 0.389. The molecule has 3 aromatic heterocycles. The Balaban J connectivity index is 1.51. The molecule has 1 aliphatic heterocycles. The van der Waals surface area contributed by atoms with Crippen molar-refractivity contribution >= 4 is 17.2 Å². The van der Waals surface area contributed by atoms with Crippen LogP contribution in [0.1, 0.15) is 45.0 Å². The van der Waals surface area contributed by atoms with E-state index in [1.807, 2.05) is 36.9 Å². The summed E-state index contributed by atoms with van der Waals surface area (Å²) < 4.78 is 5.37. The lowest BCUT2D eigenvalue weighted by atomic mass is 9.97. The molecule has 0 N–H and O–H groups in total. The lowest BCUT2D eigenvalue weighted by Gasteiger charge is -2.31. The monoisotopic (exact) mass is 369 g/mol. The van der Waals surface area contributed by atoms with Gasteiger partial charge >= 0.3 is 0 Å². The number of amides is 1. The fourth-order valence-electron chi connectivity index (χ4n) is 3.24. The van der Waals surface area contributed by atoms with Crippen LogP contribution in [0.25, 0.3) is 11.6 Å². The normalized spacial score (nSPS) is 17.5. The molecular formula is C18H19N5O2S. The van der Waals surface area contributed by atoms with Crippen LogP contribution < -0.4 is 0 Å². The Hall–Kier alpha value is -2.61. The quantitative estimate of drug-likeness (QED) is 0.705. The Kier molecular flexibility index (Phi) is 4.50. The lowest BCUT2D eigenvalue weighted by Crippen LogP contribution is -2.39. The van der Waals surface area contributed by atoms with Crippen molar-refractivity contribution in [3.8, 4) is 11.6 Å². The molecule has 1 fully saturated rings. The van der Waals surface area contributed by atoms with Gasteiger partial charge < -0.3 is 9.42 Å². The minimum absolute atomic E-state index is 0.0474. The molecule has 1 saturated heterocycles. The van der Waals surface area contributed by atoms with Crippen molar-refractivity contribution < 1.29 is 9.32 Å². The fourth-order valence-corrected chi connectivity index (χ4v) is 4.13. The second-order valence-corrected chi connectivity index (χ2v) is 7.61. The van der Waals surface area contributed by atoms with Crippen LogP contribution in [0.5, 0.6) is 0 Å². The molecule has 134 valence electrons. The number of rotatable bonds is 3. The van der Waals surface area contributed by atoms with E-state index in [0.717, 1.165) is 35.0 Å². The van der Waals surface area contributed by atoms with Gasteiger partial charge in [0, 0.05) is 25.2 Å². The number of likely N-dealkylation sites (tertiary alicyclic amines) is 1. The molecule has 0 aromatic carbocycles. The molecule has 1 unspecified atom stereocenters. The first-order valence-electron chi connectivity index (χ1n) is 8.60. The predicted octanol–water partition coefficient (Wildman–Crippen LogP) is 3.22. The van der Waals surface area contributed by atoms with Crippen molar-refractivity contribution in [2.45, 2.75) is 32.6 Å². The van der Waals surface area contributed by atoms with Crippen LogP contribution in [-0.2, 0) is 0 Å². The van der Waals surface area contributed by atoms with Crippen molar-refractivity contribution in [1.82, 2.24) is 25.0 Å². The average Bonchev–Trinajstić information content (AvgIpc) is 3.28. The molecule has 1 amide bonds. The molecule has 8 heteroatoms. The van der Waals surface area contributed by atoms with E-state index in [2.05, 4.69) is 20.1 Å². The molecule has 4 heterocycles. The highest BCUT2D eigenvalue weighted by atomic mass is 32.1. The lowest BCUT2D eigenvalue weighted by molar-refractivity contribution is 0.0707. The Bertz CT molecular complexity index is 921. The topological polar surface area (TPSA) is 85.0 Å². The number of carbonyl (C=O) groups is 1. The molecule has 0 saturated carbocycles. The third kappa shape index (κ3) is 3.24. The maximum atomic E-state index is 12.9. The van der Waals surface area contributed by atoms with Crippen molar-refractivity contribution in [2.24, 2.45) is 0 Å². The highest BCUT2D eigenvalue weighted by Gasteiger charge is 2.30. The number of hydrogen-bond donors (Lipinski definition) is 0. The summed E-state index contributed by atoms with van der Waals surface area (Å²) in [4.78, 5) is 28.6. The first-order valence-corrected chi connectivity index (χ1v) is 9.42. The molecule has 4 rings (SSSR count). The van der Waals surface area contributed by atoms with Crippen LogP contribution in [0.4, 0.5) is 0 Å². The Morgan fingerprint density at radius 1 is 1.31 bits per heavy atom. The number of pyridine rings is 1. The minimum atomic E-state index is 0.0474. The molecule has 26 heavy (non-hydrogen) atoms. The SMILES string of the molecule is Cc1nc(C)c(C(=O)N2CCCC(c3noc(-c4ccccn4)n3)C2)s1. The number of aryl methyl sites for hydroxylation is 2. The number of aromatic nitrogens is 4. The van der Waals surface area contributed by atoms with E-state index >= 15 is 0 Å². The summed E-state index contributed by atoms with van der Waals surface area (Å²) in [7, 11) is 0. The van der Waals surface area contributed by atoms with E-state index < -0.39 is 0 Å². The smallest absolute Gasteiger partial charge is 0.276 e. The minimum Gasteiger partial charge on any atom is -0.337 e. The van der Waals surface area contributed by atoms with Crippen LogP contribution in [0, 0.1) is 13.8 Å². The van der Waals surface area contributed by atoms with Crippen LogP contribution in [-0.4, -0.2) is 44.0 Å². The number of piperidine rings is 1. The molecule has 0 aliphatic carbocycles. The molecule has 1 atom stereocenters. The highest BCUT2D eigenvalue weighted by Crippen LogP contribution is 2.29. The number of nitrogens with zero attached hydrogens (tertiary/aromatic N) is 5. The summed E-state index contributed by atoms with van der Waals surface area (Å²) in [6.45, 7) is 5.15. The molecule has 7 nitrogen and oxygen atoms in total. The van der Waals surface area contributed by atoms with Gasteiger partial charge in [0.15, 0.2) is 5.82 Å². The first-order chi connectivity index (χ1) is 12.6. The van der Waals surface area contributed by atoms with Gasteiger partial charge in [-0.2, -0.15) is 4.98 Å². The third-order valence-corrected chi connectivity index (χ3v) is 5.56.